The Labute approximate surface area is 112 Å². The van der Waals surface area contributed by atoms with Crippen molar-refractivity contribution in [1.82, 2.24) is 10.6 Å². The molecular formula is C14H16N2OS. The lowest BCUT2D eigenvalue weighted by Gasteiger charge is -2.29. The number of benzene rings is 1. The minimum absolute atomic E-state index is 0.0561. The first-order valence-corrected chi connectivity index (χ1v) is 6.25. The molecule has 18 heavy (non-hydrogen) atoms. The van der Waals surface area contributed by atoms with Gasteiger partial charge >= 0.3 is 0 Å². The summed E-state index contributed by atoms with van der Waals surface area (Å²) in [7, 11) is 0. The van der Waals surface area contributed by atoms with Crippen molar-refractivity contribution < 1.29 is 4.79 Å². The third-order valence-electron chi connectivity index (χ3n) is 3.06. The summed E-state index contributed by atoms with van der Waals surface area (Å²) in [5.74, 6) is 0.0561. The molecule has 0 bridgehead atoms. The summed E-state index contributed by atoms with van der Waals surface area (Å²) in [6, 6.07) is 7.97. The zero-order valence-corrected chi connectivity index (χ0v) is 11.5. The molecule has 0 radical (unpaired) electrons. The fourth-order valence-corrected chi connectivity index (χ4v) is 2.44. The van der Waals surface area contributed by atoms with Gasteiger partial charge in [0, 0.05) is 11.3 Å². The van der Waals surface area contributed by atoms with Crippen LogP contribution in [0.2, 0.25) is 0 Å². The zero-order valence-electron chi connectivity index (χ0n) is 10.7. The Bertz CT molecular complexity index is 531. The summed E-state index contributed by atoms with van der Waals surface area (Å²) in [6.45, 7) is 5.50. The van der Waals surface area contributed by atoms with Crippen LogP contribution in [0, 0.1) is 6.92 Å². The highest BCUT2D eigenvalue weighted by atomic mass is 32.1. The predicted octanol–water partition coefficient (Wildman–Crippen LogP) is 2.38. The molecule has 0 fully saturated rings. The van der Waals surface area contributed by atoms with Gasteiger partial charge in [0.05, 0.1) is 6.04 Å². The lowest BCUT2D eigenvalue weighted by Crippen LogP contribution is -2.44. The van der Waals surface area contributed by atoms with E-state index < -0.39 is 0 Å². The van der Waals surface area contributed by atoms with E-state index in [-0.39, 0.29) is 11.8 Å². The van der Waals surface area contributed by atoms with Crippen LogP contribution in [0.4, 0.5) is 0 Å². The van der Waals surface area contributed by atoms with E-state index in [2.05, 4.69) is 10.6 Å². The highest BCUT2D eigenvalue weighted by Crippen LogP contribution is 2.27. The first-order chi connectivity index (χ1) is 8.49. The first kappa shape index (κ1) is 12.8. The Morgan fingerprint density at radius 1 is 1.22 bits per heavy atom. The molecule has 0 amide bonds. The molecule has 3 nitrogen and oxygen atoms in total. The van der Waals surface area contributed by atoms with Crippen molar-refractivity contribution in [2.75, 3.05) is 0 Å². The molecule has 1 aliphatic rings. The number of hydrogen-bond donors (Lipinski definition) is 2. The van der Waals surface area contributed by atoms with Gasteiger partial charge in [-0.1, -0.05) is 29.8 Å². The predicted molar refractivity (Wildman–Crippen MR) is 76.2 cm³/mol. The molecule has 0 unspecified atom stereocenters. The van der Waals surface area contributed by atoms with Gasteiger partial charge in [-0.2, -0.15) is 0 Å². The van der Waals surface area contributed by atoms with E-state index in [9.17, 15) is 4.79 Å². The Hall–Kier alpha value is -1.68. The molecule has 1 aromatic rings. The van der Waals surface area contributed by atoms with Crippen molar-refractivity contribution in [3.05, 3.63) is 46.7 Å². The molecule has 1 heterocycles. The fraction of sp³-hybridized carbons (Fsp3) is 0.286. The van der Waals surface area contributed by atoms with Gasteiger partial charge in [0.15, 0.2) is 10.9 Å². The summed E-state index contributed by atoms with van der Waals surface area (Å²) in [4.78, 5) is 11.8. The minimum atomic E-state index is -0.156. The minimum Gasteiger partial charge on any atom is -0.351 e. The maximum absolute atomic E-state index is 11.8. The SMILES string of the molecule is CC(=O)C1=C(C)NC(=S)N[C@H]1c1ccc(C)cc1. The van der Waals surface area contributed by atoms with E-state index in [0.29, 0.717) is 5.11 Å². The van der Waals surface area contributed by atoms with Gasteiger partial charge < -0.3 is 10.6 Å². The highest BCUT2D eigenvalue weighted by Gasteiger charge is 2.27. The van der Waals surface area contributed by atoms with E-state index in [1.165, 1.54) is 5.56 Å². The molecule has 0 aliphatic carbocycles. The highest BCUT2D eigenvalue weighted by molar-refractivity contribution is 7.80. The molecule has 1 atom stereocenters. The molecule has 1 aromatic carbocycles. The summed E-state index contributed by atoms with van der Waals surface area (Å²) < 4.78 is 0. The zero-order chi connectivity index (χ0) is 13.3. The van der Waals surface area contributed by atoms with Gasteiger partial charge in [-0.3, -0.25) is 4.79 Å². The molecule has 1 aliphatic heterocycles. The van der Waals surface area contributed by atoms with E-state index in [4.69, 9.17) is 12.2 Å². The largest absolute Gasteiger partial charge is 0.351 e. The normalized spacial score (nSPS) is 19.3. The van der Waals surface area contributed by atoms with Crippen LogP contribution in [0.25, 0.3) is 0 Å². The summed E-state index contributed by atoms with van der Waals surface area (Å²) in [5, 5.41) is 6.71. The third kappa shape index (κ3) is 2.43. The first-order valence-electron chi connectivity index (χ1n) is 5.85. The molecule has 0 spiro atoms. The number of carbonyl (C=O) groups is 1. The van der Waals surface area contributed by atoms with E-state index in [0.717, 1.165) is 16.8 Å². The van der Waals surface area contributed by atoms with Crippen LogP contribution >= 0.6 is 12.2 Å². The molecule has 0 saturated heterocycles. The molecule has 0 saturated carbocycles. The van der Waals surface area contributed by atoms with Crippen molar-refractivity contribution in [2.24, 2.45) is 0 Å². The molecule has 0 aromatic heterocycles. The van der Waals surface area contributed by atoms with E-state index >= 15 is 0 Å². The standard InChI is InChI=1S/C14H16N2OS/c1-8-4-6-11(7-5-8)13-12(10(3)17)9(2)15-14(18)16-13/h4-7,13H,1-3H3,(H2,15,16,18)/t13-/m0/s1. The van der Waals surface area contributed by atoms with Crippen LogP contribution < -0.4 is 10.6 Å². The summed E-state index contributed by atoms with van der Waals surface area (Å²) in [5.41, 5.74) is 3.82. The number of carbonyl (C=O) groups excluding carboxylic acids is 1. The smallest absolute Gasteiger partial charge is 0.171 e. The van der Waals surface area contributed by atoms with Gasteiger partial charge in [0.2, 0.25) is 0 Å². The fourth-order valence-electron chi connectivity index (χ4n) is 2.17. The average Bonchev–Trinajstić information content (AvgIpc) is 2.28. The second-order valence-corrected chi connectivity index (χ2v) is 4.95. The maximum Gasteiger partial charge on any atom is 0.171 e. The van der Waals surface area contributed by atoms with Crippen LogP contribution in [0.5, 0.6) is 0 Å². The van der Waals surface area contributed by atoms with Gasteiger partial charge in [-0.25, -0.2) is 0 Å². The average molecular weight is 260 g/mol. The number of hydrogen-bond acceptors (Lipinski definition) is 2. The molecular weight excluding hydrogens is 244 g/mol. The van der Waals surface area contributed by atoms with Gasteiger partial charge in [0.25, 0.3) is 0 Å². The Balaban J connectivity index is 2.46. The monoisotopic (exact) mass is 260 g/mol. The molecule has 94 valence electrons. The second-order valence-electron chi connectivity index (χ2n) is 4.54. The van der Waals surface area contributed by atoms with Crippen molar-refractivity contribution >= 4 is 23.1 Å². The molecule has 2 N–H and O–H groups in total. The Morgan fingerprint density at radius 2 is 1.83 bits per heavy atom. The number of aryl methyl sites for hydroxylation is 1. The van der Waals surface area contributed by atoms with Gasteiger partial charge in [-0.15, -0.1) is 0 Å². The summed E-state index contributed by atoms with van der Waals surface area (Å²) >= 11 is 5.16. The lowest BCUT2D eigenvalue weighted by molar-refractivity contribution is -0.114. The van der Waals surface area contributed by atoms with E-state index in [1.807, 2.05) is 38.1 Å². The quantitative estimate of drug-likeness (QED) is 0.801. The number of thiocarbonyl (C=S) groups is 1. The number of allylic oxidation sites excluding steroid dienone is 1. The number of nitrogens with one attached hydrogen (secondary N) is 2. The molecule has 4 heteroatoms. The van der Waals surface area contributed by atoms with Crippen LogP contribution in [0.1, 0.15) is 31.0 Å². The number of rotatable bonds is 2. The number of ketones is 1. The van der Waals surface area contributed by atoms with Crippen LogP contribution in [-0.2, 0) is 4.79 Å². The second kappa shape index (κ2) is 4.90. The van der Waals surface area contributed by atoms with Crippen molar-refractivity contribution in [3.63, 3.8) is 0 Å². The lowest BCUT2D eigenvalue weighted by atomic mass is 9.93. The number of Topliss-reactive ketones (excluding diaryl/α,β-unsaturated/α-hetero) is 1. The maximum atomic E-state index is 11.8. The van der Waals surface area contributed by atoms with Crippen molar-refractivity contribution in [1.29, 1.82) is 0 Å². The van der Waals surface area contributed by atoms with Gasteiger partial charge in [-0.05, 0) is 38.6 Å². The van der Waals surface area contributed by atoms with Gasteiger partial charge in [0.1, 0.15) is 0 Å². The van der Waals surface area contributed by atoms with E-state index in [1.54, 1.807) is 6.92 Å². The van der Waals surface area contributed by atoms with Crippen LogP contribution in [0.3, 0.4) is 0 Å². The van der Waals surface area contributed by atoms with Crippen molar-refractivity contribution in [2.45, 2.75) is 26.8 Å². The van der Waals surface area contributed by atoms with Crippen LogP contribution in [0.15, 0.2) is 35.5 Å². The molecule has 2 rings (SSSR count). The third-order valence-corrected chi connectivity index (χ3v) is 3.28. The topological polar surface area (TPSA) is 41.1 Å². The van der Waals surface area contributed by atoms with Crippen LogP contribution in [-0.4, -0.2) is 10.9 Å². The Morgan fingerprint density at radius 3 is 2.39 bits per heavy atom. The summed E-state index contributed by atoms with van der Waals surface area (Å²) in [6.07, 6.45) is 0. The Kier molecular flexibility index (Phi) is 3.48. The van der Waals surface area contributed by atoms with Crippen molar-refractivity contribution in [3.8, 4) is 0 Å².